The van der Waals surface area contributed by atoms with Crippen LogP contribution in [-0.4, -0.2) is 35.1 Å². The van der Waals surface area contributed by atoms with E-state index in [9.17, 15) is 8.42 Å². The number of nitrogens with two attached hydrogens (primary N) is 1. The summed E-state index contributed by atoms with van der Waals surface area (Å²) >= 11 is 0. The summed E-state index contributed by atoms with van der Waals surface area (Å²) in [6.07, 6.45) is 1.56. The fourth-order valence-corrected chi connectivity index (χ4v) is 3.42. The molecule has 0 amide bonds. The molecule has 1 rings (SSSR count). The van der Waals surface area contributed by atoms with E-state index in [4.69, 9.17) is 11.0 Å². The van der Waals surface area contributed by atoms with Gasteiger partial charge in [-0.25, -0.2) is 8.42 Å². The number of rotatable bonds is 6. The van der Waals surface area contributed by atoms with Crippen molar-refractivity contribution in [3.63, 3.8) is 0 Å². The van der Waals surface area contributed by atoms with Crippen LogP contribution in [0.2, 0.25) is 0 Å². The van der Waals surface area contributed by atoms with Crippen molar-refractivity contribution in [3.05, 3.63) is 6.20 Å². The predicted molar refractivity (Wildman–Crippen MR) is 71.6 cm³/mol. The second-order valence-electron chi connectivity index (χ2n) is 4.35. The number of hydrogen-bond donors (Lipinski definition) is 1. The van der Waals surface area contributed by atoms with E-state index < -0.39 is 10.0 Å². The average Bonchev–Trinajstić information content (AvgIpc) is 2.71. The Morgan fingerprint density at radius 1 is 1.58 bits per heavy atom. The molecule has 0 radical (unpaired) electrons. The molecule has 0 saturated carbocycles. The second-order valence-corrected chi connectivity index (χ2v) is 6.21. The molecule has 0 unspecified atom stereocenters. The molecule has 0 spiro atoms. The topological polar surface area (TPSA) is 105 Å². The van der Waals surface area contributed by atoms with E-state index in [0.29, 0.717) is 6.54 Å². The third kappa shape index (κ3) is 3.24. The van der Waals surface area contributed by atoms with Crippen LogP contribution >= 0.6 is 0 Å². The Morgan fingerprint density at radius 3 is 2.63 bits per heavy atom. The van der Waals surface area contributed by atoms with Gasteiger partial charge in [0.2, 0.25) is 10.0 Å². The minimum atomic E-state index is -3.72. The van der Waals surface area contributed by atoms with Crippen LogP contribution < -0.4 is 5.73 Å². The van der Waals surface area contributed by atoms with Crippen LogP contribution in [0.15, 0.2) is 11.1 Å². The van der Waals surface area contributed by atoms with Gasteiger partial charge >= 0.3 is 0 Å². The maximum atomic E-state index is 12.5. The van der Waals surface area contributed by atoms with Gasteiger partial charge in [0, 0.05) is 31.7 Å². The average molecular weight is 285 g/mol. The SMILES string of the molecule is CCn1cc(S(=O)(=O)N(CCC#N)C(C)C)c(N)n1. The van der Waals surface area contributed by atoms with Crippen molar-refractivity contribution in [1.29, 1.82) is 5.26 Å². The molecule has 8 heteroatoms. The maximum Gasteiger partial charge on any atom is 0.248 e. The number of hydrogen-bond acceptors (Lipinski definition) is 5. The van der Waals surface area contributed by atoms with Gasteiger partial charge in [-0.05, 0) is 20.8 Å². The van der Waals surface area contributed by atoms with E-state index >= 15 is 0 Å². The molecular weight excluding hydrogens is 266 g/mol. The van der Waals surface area contributed by atoms with Crippen LogP contribution in [-0.2, 0) is 16.6 Å². The van der Waals surface area contributed by atoms with Crippen LogP contribution in [0.4, 0.5) is 5.82 Å². The smallest absolute Gasteiger partial charge is 0.248 e. The Morgan fingerprint density at radius 2 is 2.21 bits per heavy atom. The first-order valence-corrected chi connectivity index (χ1v) is 7.50. The van der Waals surface area contributed by atoms with Crippen molar-refractivity contribution in [2.24, 2.45) is 0 Å². The number of anilines is 1. The molecule has 106 valence electrons. The lowest BCUT2D eigenvalue weighted by atomic mass is 10.3. The van der Waals surface area contributed by atoms with Crippen molar-refractivity contribution in [1.82, 2.24) is 14.1 Å². The highest BCUT2D eigenvalue weighted by Gasteiger charge is 2.30. The highest BCUT2D eigenvalue weighted by Crippen LogP contribution is 2.23. The molecule has 19 heavy (non-hydrogen) atoms. The van der Waals surface area contributed by atoms with E-state index in [-0.39, 0.29) is 29.7 Å². The quantitative estimate of drug-likeness (QED) is 0.832. The predicted octanol–water partition coefficient (Wildman–Crippen LogP) is 0.798. The molecule has 7 nitrogen and oxygen atoms in total. The van der Waals surface area contributed by atoms with Crippen LogP contribution in [0.5, 0.6) is 0 Å². The zero-order valence-electron chi connectivity index (χ0n) is 11.4. The second kappa shape index (κ2) is 6.04. The van der Waals surface area contributed by atoms with Gasteiger partial charge in [-0.2, -0.15) is 14.7 Å². The summed E-state index contributed by atoms with van der Waals surface area (Å²) in [7, 11) is -3.72. The number of nitriles is 1. The van der Waals surface area contributed by atoms with Crippen molar-refractivity contribution in [2.45, 2.75) is 44.7 Å². The highest BCUT2D eigenvalue weighted by atomic mass is 32.2. The van der Waals surface area contributed by atoms with Gasteiger partial charge < -0.3 is 5.73 Å². The monoisotopic (exact) mass is 285 g/mol. The Bertz CT molecular complexity index is 570. The van der Waals surface area contributed by atoms with Crippen molar-refractivity contribution >= 4 is 15.8 Å². The molecule has 1 aromatic heterocycles. The summed E-state index contributed by atoms with van der Waals surface area (Å²) in [6.45, 7) is 6.05. The summed E-state index contributed by atoms with van der Waals surface area (Å²) < 4.78 is 27.8. The fraction of sp³-hybridized carbons (Fsp3) is 0.636. The van der Waals surface area contributed by atoms with Gasteiger partial charge in [0.1, 0.15) is 4.90 Å². The molecule has 0 atom stereocenters. The normalized spacial score (nSPS) is 12.0. The van der Waals surface area contributed by atoms with E-state index in [2.05, 4.69) is 5.10 Å². The first kappa shape index (κ1) is 15.5. The number of aromatic nitrogens is 2. The Hall–Kier alpha value is -1.59. The zero-order chi connectivity index (χ0) is 14.6. The van der Waals surface area contributed by atoms with Crippen molar-refractivity contribution < 1.29 is 8.42 Å². The summed E-state index contributed by atoms with van der Waals surface area (Å²) in [5, 5.41) is 12.6. The minimum Gasteiger partial charge on any atom is -0.381 e. The zero-order valence-corrected chi connectivity index (χ0v) is 12.2. The number of nitrogen functional groups attached to an aromatic ring is 1. The van der Waals surface area contributed by atoms with Gasteiger partial charge in [0.05, 0.1) is 6.07 Å². The Labute approximate surface area is 113 Å². The molecule has 1 aromatic rings. The van der Waals surface area contributed by atoms with Gasteiger partial charge in [0.25, 0.3) is 0 Å². The molecule has 0 aromatic carbocycles. The van der Waals surface area contributed by atoms with Crippen LogP contribution in [0.3, 0.4) is 0 Å². The lowest BCUT2D eigenvalue weighted by molar-refractivity contribution is 0.360. The molecule has 0 aliphatic heterocycles. The summed E-state index contributed by atoms with van der Waals surface area (Å²) in [5.74, 6) is -0.00976. The lowest BCUT2D eigenvalue weighted by Crippen LogP contribution is -2.37. The molecular formula is C11H19N5O2S. The van der Waals surface area contributed by atoms with E-state index in [0.717, 1.165) is 0 Å². The third-order valence-corrected chi connectivity index (χ3v) is 4.78. The third-order valence-electron chi connectivity index (χ3n) is 2.69. The lowest BCUT2D eigenvalue weighted by Gasteiger charge is -2.24. The summed E-state index contributed by atoms with van der Waals surface area (Å²) in [4.78, 5) is 0.000916. The van der Waals surface area contributed by atoms with E-state index in [1.54, 1.807) is 13.8 Å². The molecule has 0 bridgehead atoms. The molecule has 1 heterocycles. The summed E-state index contributed by atoms with van der Waals surface area (Å²) in [5.41, 5.74) is 5.67. The van der Waals surface area contributed by atoms with E-state index in [1.807, 2.05) is 13.0 Å². The van der Waals surface area contributed by atoms with Crippen molar-refractivity contribution in [3.8, 4) is 6.07 Å². The van der Waals surface area contributed by atoms with E-state index in [1.165, 1.54) is 15.2 Å². The van der Waals surface area contributed by atoms with Crippen LogP contribution in [0.1, 0.15) is 27.2 Å². The Balaban J connectivity index is 3.19. The van der Waals surface area contributed by atoms with Gasteiger partial charge in [-0.3, -0.25) is 4.68 Å². The summed E-state index contributed by atoms with van der Waals surface area (Å²) in [6, 6.07) is 1.70. The standard InChI is InChI=1S/C11H19N5O2S/c1-4-15-8-10(11(13)14-15)19(17,18)16(9(2)3)7-5-6-12/h8-9H,4-5,7H2,1-3H3,(H2,13,14). The molecule has 0 saturated heterocycles. The van der Waals surface area contributed by atoms with Crippen molar-refractivity contribution in [2.75, 3.05) is 12.3 Å². The first-order valence-electron chi connectivity index (χ1n) is 6.06. The van der Waals surface area contributed by atoms with Gasteiger partial charge in [-0.1, -0.05) is 0 Å². The molecule has 0 fully saturated rings. The number of aryl methyl sites for hydroxylation is 1. The Kier molecular flexibility index (Phi) is 4.91. The molecule has 2 N–H and O–H groups in total. The minimum absolute atomic E-state index is 0.000916. The molecule has 0 aliphatic rings. The van der Waals surface area contributed by atoms with Gasteiger partial charge in [-0.15, -0.1) is 0 Å². The van der Waals surface area contributed by atoms with Crippen LogP contribution in [0, 0.1) is 11.3 Å². The largest absolute Gasteiger partial charge is 0.381 e. The maximum absolute atomic E-state index is 12.5. The fourth-order valence-electron chi connectivity index (χ4n) is 1.72. The van der Waals surface area contributed by atoms with Gasteiger partial charge in [0.15, 0.2) is 5.82 Å². The first-order chi connectivity index (χ1) is 8.84. The molecule has 0 aliphatic carbocycles. The van der Waals surface area contributed by atoms with Crippen LogP contribution in [0.25, 0.3) is 0 Å². The highest BCUT2D eigenvalue weighted by molar-refractivity contribution is 7.89. The number of nitrogens with zero attached hydrogens (tertiary/aromatic N) is 4. The number of sulfonamides is 1.